The molecule has 1 atom stereocenters. The fourth-order valence-electron chi connectivity index (χ4n) is 3.20. The quantitative estimate of drug-likeness (QED) is 0.359. The van der Waals surface area contributed by atoms with Gasteiger partial charge in [0.1, 0.15) is 12.0 Å². The van der Waals surface area contributed by atoms with Crippen LogP contribution in [0.5, 0.6) is 0 Å². The molecule has 3 rings (SSSR count). The van der Waals surface area contributed by atoms with E-state index in [2.05, 4.69) is 39.4 Å². The van der Waals surface area contributed by atoms with Crippen LogP contribution in [-0.4, -0.2) is 48.6 Å². The maximum atomic E-state index is 5.58. The Balaban J connectivity index is 0.00000261. The second-order valence-corrected chi connectivity index (χ2v) is 6.63. The second-order valence-electron chi connectivity index (χ2n) is 6.63. The van der Waals surface area contributed by atoms with E-state index >= 15 is 0 Å². The Kier molecular flexibility index (Phi) is 9.06. The lowest BCUT2D eigenvalue weighted by Gasteiger charge is -2.16. The van der Waals surface area contributed by atoms with Gasteiger partial charge in [0.2, 0.25) is 5.89 Å². The van der Waals surface area contributed by atoms with Gasteiger partial charge in [-0.05, 0) is 44.5 Å². The predicted molar refractivity (Wildman–Crippen MR) is 120 cm³/mol. The highest BCUT2D eigenvalue weighted by Gasteiger charge is 2.21. The number of rotatable bonds is 7. The summed E-state index contributed by atoms with van der Waals surface area (Å²) in [6, 6.07) is 9.92. The topological polar surface area (TPSA) is 65.7 Å². The summed E-state index contributed by atoms with van der Waals surface area (Å²) in [6.45, 7) is 10.1. The van der Waals surface area contributed by atoms with Crippen LogP contribution >= 0.6 is 24.0 Å². The van der Waals surface area contributed by atoms with Gasteiger partial charge in [-0.3, -0.25) is 0 Å². The van der Waals surface area contributed by atoms with Crippen LogP contribution in [0.4, 0.5) is 0 Å². The predicted octanol–water partition coefficient (Wildman–Crippen LogP) is 3.36. The number of oxazole rings is 1. The highest BCUT2D eigenvalue weighted by atomic mass is 127. The molecule has 1 unspecified atom stereocenters. The summed E-state index contributed by atoms with van der Waals surface area (Å²) in [5.41, 5.74) is 1.81. The number of nitrogens with zero attached hydrogens (tertiary/aromatic N) is 3. The van der Waals surface area contributed by atoms with Gasteiger partial charge < -0.3 is 20.0 Å². The summed E-state index contributed by atoms with van der Waals surface area (Å²) in [7, 11) is 0. The molecular weight excluding hydrogens is 453 g/mol. The van der Waals surface area contributed by atoms with E-state index in [0.29, 0.717) is 18.4 Å². The fraction of sp³-hybridized carbons (Fsp3) is 0.500. The minimum Gasteiger partial charge on any atom is -0.444 e. The Morgan fingerprint density at radius 2 is 2.07 bits per heavy atom. The van der Waals surface area contributed by atoms with Gasteiger partial charge in [-0.15, -0.1) is 24.0 Å². The number of hydrogen-bond acceptors (Lipinski definition) is 4. The molecule has 1 aromatic carbocycles. The van der Waals surface area contributed by atoms with Crippen molar-refractivity contribution in [2.75, 3.05) is 32.7 Å². The van der Waals surface area contributed by atoms with E-state index in [9.17, 15) is 0 Å². The summed E-state index contributed by atoms with van der Waals surface area (Å²) in [5.74, 6) is 2.17. The maximum absolute atomic E-state index is 5.58. The molecule has 148 valence electrons. The van der Waals surface area contributed by atoms with Gasteiger partial charge >= 0.3 is 0 Å². The number of halogens is 1. The van der Waals surface area contributed by atoms with Gasteiger partial charge in [0.05, 0.1) is 6.54 Å². The molecule has 6 nitrogen and oxygen atoms in total. The Morgan fingerprint density at radius 3 is 2.78 bits per heavy atom. The van der Waals surface area contributed by atoms with Crippen LogP contribution in [0.3, 0.4) is 0 Å². The van der Waals surface area contributed by atoms with Crippen LogP contribution in [0, 0.1) is 5.92 Å². The third kappa shape index (κ3) is 6.49. The van der Waals surface area contributed by atoms with Crippen LogP contribution in [-0.2, 0) is 6.54 Å². The number of benzene rings is 1. The number of likely N-dealkylation sites (tertiary alicyclic amines) is 1. The average molecular weight is 483 g/mol. The molecule has 27 heavy (non-hydrogen) atoms. The van der Waals surface area contributed by atoms with Crippen molar-refractivity contribution in [2.24, 2.45) is 10.9 Å². The summed E-state index contributed by atoms with van der Waals surface area (Å²) in [4.78, 5) is 11.7. The van der Waals surface area contributed by atoms with Gasteiger partial charge in [0.15, 0.2) is 5.96 Å². The first kappa shape index (κ1) is 21.7. The zero-order valence-electron chi connectivity index (χ0n) is 16.1. The van der Waals surface area contributed by atoms with Crippen molar-refractivity contribution in [1.29, 1.82) is 0 Å². The zero-order valence-corrected chi connectivity index (χ0v) is 18.5. The molecule has 0 aliphatic carbocycles. The molecular formula is C20H30IN5O. The molecule has 1 saturated heterocycles. The van der Waals surface area contributed by atoms with Gasteiger partial charge in [0, 0.05) is 25.2 Å². The summed E-state index contributed by atoms with van der Waals surface area (Å²) >= 11 is 0. The van der Waals surface area contributed by atoms with Crippen molar-refractivity contribution in [3.8, 4) is 11.5 Å². The van der Waals surface area contributed by atoms with Crippen molar-refractivity contribution in [3.63, 3.8) is 0 Å². The normalized spacial score (nSPS) is 17.6. The number of nitrogens with one attached hydrogen (secondary N) is 2. The number of hydrogen-bond donors (Lipinski definition) is 2. The lowest BCUT2D eigenvalue weighted by molar-refractivity contribution is 0.342. The minimum absolute atomic E-state index is 0. The van der Waals surface area contributed by atoms with Gasteiger partial charge in [-0.1, -0.05) is 25.1 Å². The highest BCUT2D eigenvalue weighted by Crippen LogP contribution is 2.18. The number of aliphatic imine (C=N–C) groups is 1. The number of guanidine groups is 1. The van der Waals surface area contributed by atoms with Crippen molar-refractivity contribution in [1.82, 2.24) is 20.5 Å². The Hall–Kier alpha value is -1.61. The first-order valence-electron chi connectivity index (χ1n) is 9.52. The van der Waals surface area contributed by atoms with Crippen LogP contribution in [0.15, 0.2) is 46.0 Å². The lowest BCUT2D eigenvalue weighted by Crippen LogP contribution is -2.40. The largest absolute Gasteiger partial charge is 0.444 e. The standard InChI is InChI=1S/C20H29N5O.HI/c1-3-21-20(22-12-16-10-11-25(4-2)14-16)23-13-18-15-26-19(24-18)17-8-6-5-7-9-17;/h5-9,15-16H,3-4,10-14H2,1-2H3,(H2,21,22,23);1H. The van der Waals surface area contributed by atoms with E-state index in [1.54, 1.807) is 6.26 Å². The average Bonchev–Trinajstić information content (AvgIpc) is 3.34. The van der Waals surface area contributed by atoms with Crippen LogP contribution in [0.2, 0.25) is 0 Å². The third-order valence-electron chi connectivity index (χ3n) is 4.69. The molecule has 2 aromatic rings. The van der Waals surface area contributed by atoms with Crippen molar-refractivity contribution < 1.29 is 4.42 Å². The second kappa shape index (κ2) is 11.3. The third-order valence-corrected chi connectivity index (χ3v) is 4.69. The molecule has 1 aliphatic heterocycles. The van der Waals surface area contributed by atoms with E-state index in [-0.39, 0.29) is 24.0 Å². The van der Waals surface area contributed by atoms with Crippen LogP contribution in [0.1, 0.15) is 26.0 Å². The molecule has 7 heteroatoms. The summed E-state index contributed by atoms with van der Waals surface area (Å²) in [5, 5.41) is 6.78. The van der Waals surface area contributed by atoms with Gasteiger partial charge in [0.25, 0.3) is 0 Å². The lowest BCUT2D eigenvalue weighted by atomic mass is 10.1. The van der Waals surface area contributed by atoms with Crippen molar-refractivity contribution >= 4 is 29.9 Å². The summed E-state index contributed by atoms with van der Waals surface area (Å²) in [6.07, 6.45) is 2.94. The van der Waals surface area contributed by atoms with Gasteiger partial charge in [-0.2, -0.15) is 0 Å². The first-order valence-corrected chi connectivity index (χ1v) is 9.52. The SMILES string of the molecule is CCNC(=NCc1coc(-c2ccccc2)n1)NCC1CCN(CC)C1.I. The van der Waals surface area contributed by atoms with Crippen molar-refractivity contribution in [3.05, 3.63) is 42.3 Å². The molecule has 1 aromatic heterocycles. The Morgan fingerprint density at radius 1 is 1.26 bits per heavy atom. The van der Waals surface area contributed by atoms with E-state index in [4.69, 9.17) is 4.42 Å². The Labute approximate surface area is 178 Å². The zero-order chi connectivity index (χ0) is 18.2. The molecule has 0 bridgehead atoms. The first-order chi connectivity index (χ1) is 12.8. The van der Waals surface area contributed by atoms with E-state index in [1.165, 1.54) is 19.5 Å². The van der Waals surface area contributed by atoms with Crippen LogP contribution < -0.4 is 10.6 Å². The molecule has 0 radical (unpaired) electrons. The molecule has 2 heterocycles. The maximum Gasteiger partial charge on any atom is 0.226 e. The summed E-state index contributed by atoms with van der Waals surface area (Å²) < 4.78 is 5.58. The molecule has 0 saturated carbocycles. The van der Waals surface area contributed by atoms with Gasteiger partial charge in [-0.25, -0.2) is 9.98 Å². The van der Waals surface area contributed by atoms with E-state index in [0.717, 1.165) is 36.9 Å². The monoisotopic (exact) mass is 483 g/mol. The fourth-order valence-corrected chi connectivity index (χ4v) is 3.20. The number of aromatic nitrogens is 1. The molecule has 1 aliphatic rings. The molecule has 2 N–H and O–H groups in total. The van der Waals surface area contributed by atoms with Crippen molar-refractivity contribution in [2.45, 2.75) is 26.8 Å². The Bertz CT molecular complexity index is 703. The van der Waals surface area contributed by atoms with E-state index in [1.807, 2.05) is 30.3 Å². The molecule has 0 amide bonds. The van der Waals surface area contributed by atoms with Crippen LogP contribution in [0.25, 0.3) is 11.5 Å². The highest BCUT2D eigenvalue weighted by molar-refractivity contribution is 14.0. The minimum atomic E-state index is 0. The van der Waals surface area contributed by atoms with E-state index < -0.39 is 0 Å². The molecule has 1 fully saturated rings. The smallest absolute Gasteiger partial charge is 0.226 e. The molecule has 0 spiro atoms.